The number of nitrogens with one attached hydrogen (secondary N) is 2. The molecule has 0 saturated heterocycles. The molecule has 0 aliphatic carbocycles. The molecule has 1 aromatic heterocycles. The maximum absolute atomic E-state index is 5.07. The molecule has 1 aromatic rings. The number of hydrazone groups is 1. The summed E-state index contributed by atoms with van der Waals surface area (Å²) in [7, 11) is 0. The molecule has 0 fully saturated rings. The number of rotatable bonds is 5. The van der Waals surface area contributed by atoms with E-state index in [1.165, 1.54) is 0 Å². The Bertz CT molecular complexity index is 398. The summed E-state index contributed by atoms with van der Waals surface area (Å²) in [5.41, 5.74) is 4.82. The van der Waals surface area contributed by atoms with Crippen molar-refractivity contribution >= 4 is 34.5 Å². The van der Waals surface area contributed by atoms with Crippen LogP contribution in [0, 0.1) is 0 Å². The lowest BCUT2D eigenvalue weighted by Crippen LogP contribution is -2.11. The molecule has 0 aromatic carbocycles. The number of aromatic amines is 1. The van der Waals surface area contributed by atoms with Gasteiger partial charge in [0.05, 0.1) is 6.21 Å². The lowest BCUT2D eigenvalue weighted by Gasteiger charge is -1.98. The highest BCUT2D eigenvalue weighted by molar-refractivity contribution is 8.22. The zero-order chi connectivity index (χ0) is 12.7. The molecule has 0 bridgehead atoms. The first kappa shape index (κ1) is 14.2. The molecule has 94 valence electrons. The molecule has 0 aliphatic heterocycles. The minimum Gasteiger partial charge on any atom is -0.345 e. The van der Waals surface area contributed by atoms with Gasteiger partial charge in [0.15, 0.2) is 4.32 Å². The van der Waals surface area contributed by atoms with E-state index in [4.69, 9.17) is 12.2 Å². The van der Waals surface area contributed by atoms with Crippen LogP contribution in [0.2, 0.25) is 0 Å². The second kappa shape index (κ2) is 7.45. The first-order valence-corrected chi connectivity index (χ1v) is 7.14. The fourth-order valence-corrected chi connectivity index (χ4v) is 2.12. The molecule has 1 rings (SSSR count). The minimum atomic E-state index is 0.688. The second-order valence-corrected chi connectivity index (χ2v) is 5.29. The van der Waals surface area contributed by atoms with Crippen LogP contribution in [0.4, 0.5) is 0 Å². The number of aryl methyl sites for hydroxylation is 2. The van der Waals surface area contributed by atoms with Gasteiger partial charge in [-0.3, -0.25) is 5.43 Å². The summed E-state index contributed by atoms with van der Waals surface area (Å²) in [4.78, 5) is 7.72. The average molecular weight is 270 g/mol. The highest BCUT2D eigenvalue weighted by Gasteiger charge is 2.05. The fraction of sp³-hybridized carbons (Fsp3) is 0.545. The lowest BCUT2D eigenvalue weighted by molar-refractivity contribution is 0.963. The standard InChI is InChI=1S/C11H18N4S2/c1-4-8-9(14-10(5-2)13-8)7-12-15-11(16)17-6-3/h7H,4-6H2,1-3H3,(H,13,14)(H,15,16)/b12-7+. The van der Waals surface area contributed by atoms with Gasteiger partial charge in [-0.1, -0.05) is 44.8 Å². The van der Waals surface area contributed by atoms with Crippen molar-refractivity contribution < 1.29 is 0 Å². The molecule has 4 nitrogen and oxygen atoms in total. The maximum Gasteiger partial charge on any atom is 0.154 e. The number of thioether (sulfide) groups is 1. The van der Waals surface area contributed by atoms with Crippen LogP contribution >= 0.6 is 24.0 Å². The second-order valence-electron chi connectivity index (χ2n) is 3.34. The van der Waals surface area contributed by atoms with E-state index in [1.54, 1.807) is 18.0 Å². The third kappa shape index (κ3) is 4.47. The SMILES string of the molecule is CCSC(=S)N/N=C/c1nc(CC)[nH]c1CC. The van der Waals surface area contributed by atoms with E-state index < -0.39 is 0 Å². The van der Waals surface area contributed by atoms with E-state index in [9.17, 15) is 0 Å². The van der Waals surface area contributed by atoms with Gasteiger partial charge in [0.1, 0.15) is 11.5 Å². The number of hydrogen-bond donors (Lipinski definition) is 2. The average Bonchev–Trinajstić information content (AvgIpc) is 2.72. The smallest absolute Gasteiger partial charge is 0.154 e. The van der Waals surface area contributed by atoms with E-state index >= 15 is 0 Å². The molecule has 0 amide bonds. The Hall–Kier alpha value is -0.880. The number of nitrogens with zero attached hydrogens (tertiary/aromatic N) is 2. The lowest BCUT2D eigenvalue weighted by atomic mass is 10.3. The normalized spacial score (nSPS) is 11.0. The van der Waals surface area contributed by atoms with Crippen LogP contribution in [-0.2, 0) is 12.8 Å². The summed E-state index contributed by atoms with van der Waals surface area (Å²) < 4.78 is 0.688. The van der Waals surface area contributed by atoms with Crippen LogP contribution in [-0.4, -0.2) is 26.3 Å². The van der Waals surface area contributed by atoms with Gasteiger partial charge in [0, 0.05) is 12.1 Å². The van der Waals surface area contributed by atoms with Gasteiger partial charge in [0.2, 0.25) is 0 Å². The van der Waals surface area contributed by atoms with Gasteiger partial charge in [0.25, 0.3) is 0 Å². The molecule has 0 saturated carbocycles. The van der Waals surface area contributed by atoms with Crippen molar-refractivity contribution in [2.24, 2.45) is 5.10 Å². The fourth-order valence-electron chi connectivity index (χ4n) is 1.33. The molecule has 0 radical (unpaired) electrons. The van der Waals surface area contributed by atoms with Crippen molar-refractivity contribution in [1.29, 1.82) is 0 Å². The summed E-state index contributed by atoms with van der Waals surface area (Å²) in [6.07, 6.45) is 3.54. The quantitative estimate of drug-likeness (QED) is 0.490. The molecule has 0 atom stereocenters. The van der Waals surface area contributed by atoms with Crippen LogP contribution in [0.5, 0.6) is 0 Å². The number of thiocarbonyl (C=S) groups is 1. The molecule has 0 aliphatic rings. The van der Waals surface area contributed by atoms with Crippen LogP contribution in [0.25, 0.3) is 0 Å². The Morgan fingerprint density at radius 3 is 2.82 bits per heavy atom. The van der Waals surface area contributed by atoms with Crippen molar-refractivity contribution in [2.45, 2.75) is 33.6 Å². The molecule has 1 heterocycles. The molecule has 2 N–H and O–H groups in total. The third-order valence-electron chi connectivity index (χ3n) is 2.17. The summed E-state index contributed by atoms with van der Waals surface area (Å²) in [5, 5.41) is 4.10. The molecule has 17 heavy (non-hydrogen) atoms. The summed E-state index contributed by atoms with van der Waals surface area (Å²) in [5.74, 6) is 1.94. The maximum atomic E-state index is 5.07. The predicted octanol–water partition coefficient (Wildman–Crippen LogP) is 2.50. The van der Waals surface area contributed by atoms with Gasteiger partial charge in [-0.15, -0.1) is 0 Å². The van der Waals surface area contributed by atoms with E-state index in [0.29, 0.717) is 4.32 Å². The summed E-state index contributed by atoms with van der Waals surface area (Å²) >= 11 is 6.63. The number of H-pyrrole nitrogens is 1. The highest BCUT2D eigenvalue weighted by Crippen LogP contribution is 2.05. The predicted molar refractivity (Wildman–Crippen MR) is 78.8 cm³/mol. The summed E-state index contributed by atoms with van der Waals surface area (Å²) in [6.45, 7) is 6.22. The van der Waals surface area contributed by atoms with Gasteiger partial charge in [-0.05, 0) is 12.2 Å². The Kier molecular flexibility index (Phi) is 6.21. The van der Waals surface area contributed by atoms with Crippen LogP contribution in [0.1, 0.15) is 38.0 Å². The molecule has 0 unspecified atom stereocenters. The summed E-state index contributed by atoms with van der Waals surface area (Å²) in [6, 6.07) is 0. The number of imidazole rings is 1. The van der Waals surface area contributed by atoms with Crippen molar-refractivity contribution in [2.75, 3.05) is 5.75 Å². The van der Waals surface area contributed by atoms with Gasteiger partial charge in [-0.2, -0.15) is 5.10 Å². The number of hydrogen-bond acceptors (Lipinski definition) is 4. The van der Waals surface area contributed by atoms with Gasteiger partial charge in [-0.25, -0.2) is 4.98 Å². The van der Waals surface area contributed by atoms with Crippen LogP contribution < -0.4 is 5.43 Å². The first-order valence-electron chi connectivity index (χ1n) is 5.74. The Morgan fingerprint density at radius 1 is 1.47 bits per heavy atom. The molecule has 0 spiro atoms. The van der Waals surface area contributed by atoms with E-state index in [-0.39, 0.29) is 0 Å². The van der Waals surface area contributed by atoms with Crippen molar-refractivity contribution in [3.05, 3.63) is 17.2 Å². The largest absolute Gasteiger partial charge is 0.345 e. The van der Waals surface area contributed by atoms with Crippen molar-refractivity contribution in [1.82, 2.24) is 15.4 Å². The number of aromatic nitrogens is 2. The highest BCUT2D eigenvalue weighted by atomic mass is 32.2. The third-order valence-corrected chi connectivity index (χ3v) is 3.25. The van der Waals surface area contributed by atoms with Gasteiger partial charge < -0.3 is 4.98 Å². The van der Waals surface area contributed by atoms with E-state index in [1.807, 2.05) is 0 Å². The van der Waals surface area contributed by atoms with Crippen molar-refractivity contribution in [3.8, 4) is 0 Å². The van der Waals surface area contributed by atoms with Crippen LogP contribution in [0.3, 0.4) is 0 Å². The Labute approximate surface area is 112 Å². The topological polar surface area (TPSA) is 53.1 Å². The minimum absolute atomic E-state index is 0.688. The Morgan fingerprint density at radius 2 is 2.24 bits per heavy atom. The zero-order valence-electron chi connectivity index (χ0n) is 10.4. The molecule has 6 heteroatoms. The monoisotopic (exact) mass is 270 g/mol. The van der Waals surface area contributed by atoms with Crippen molar-refractivity contribution in [3.63, 3.8) is 0 Å². The Balaban J connectivity index is 2.63. The van der Waals surface area contributed by atoms with Crippen LogP contribution in [0.15, 0.2) is 5.10 Å². The first-order chi connectivity index (χ1) is 8.21. The van der Waals surface area contributed by atoms with E-state index in [0.717, 1.165) is 35.8 Å². The van der Waals surface area contributed by atoms with E-state index in [2.05, 4.69) is 41.3 Å². The molecular formula is C11H18N4S2. The zero-order valence-corrected chi connectivity index (χ0v) is 12.0. The van der Waals surface area contributed by atoms with Gasteiger partial charge >= 0.3 is 0 Å². The molecular weight excluding hydrogens is 252 g/mol.